The number of hydrogen-bond donors (Lipinski definition) is 2. The first kappa shape index (κ1) is 15.2. The van der Waals surface area contributed by atoms with Crippen LogP contribution in [0.15, 0.2) is 6.33 Å². The number of nitrogens with zero attached hydrogens (tertiary/aromatic N) is 3. The van der Waals surface area contributed by atoms with Crippen LogP contribution in [-0.2, 0) is 0 Å². The summed E-state index contributed by atoms with van der Waals surface area (Å²) >= 11 is 12.4. The van der Waals surface area contributed by atoms with Gasteiger partial charge in [-0.1, -0.05) is 37.0 Å². The number of hydrogen-bond acceptors (Lipinski definition) is 5. The maximum absolute atomic E-state index is 6.21. The smallest absolute Gasteiger partial charge is 0.228 e. The fraction of sp³-hybridized carbons (Fsp3) is 0.727. The highest BCUT2D eigenvalue weighted by Crippen LogP contribution is 2.22. The highest BCUT2D eigenvalue weighted by molar-refractivity contribution is 6.25. The zero-order valence-corrected chi connectivity index (χ0v) is 12.6. The quantitative estimate of drug-likeness (QED) is 0.621. The van der Waals surface area contributed by atoms with Gasteiger partial charge in [-0.25, -0.2) is 9.97 Å². The second-order valence-electron chi connectivity index (χ2n) is 4.48. The first-order valence-electron chi connectivity index (χ1n) is 5.91. The van der Waals surface area contributed by atoms with Crippen molar-refractivity contribution < 1.29 is 0 Å². The molecule has 102 valence electrons. The third-order valence-corrected chi connectivity index (χ3v) is 3.37. The highest BCUT2D eigenvalue weighted by Gasteiger charge is 2.21. The van der Waals surface area contributed by atoms with Gasteiger partial charge in [-0.15, -0.1) is 0 Å². The lowest BCUT2D eigenvalue weighted by molar-refractivity contribution is 0.668. The Morgan fingerprint density at radius 2 is 1.39 bits per heavy atom. The summed E-state index contributed by atoms with van der Waals surface area (Å²) in [5.74, 6) is 0.853. The van der Waals surface area contributed by atoms with Gasteiger partial charge in [-0.2, -0.15) is 4.98 Å². The van der Waals surface area contributed by atoms with Crippen molar-refractivity contribution in [3.05, 3.63) is 6.33 Å². The minimum Gasteiger partial charge on any atom is -0.336 e. The van der Waals surface area contributed by atoms with E-state index in [2.05, 4.69) is 25.6 Å². The van der Waals surface area contributed by atoms with Gasteiger partial charge in [0.05, 0.1) is 0 Å². The molecular weight excluding hydrogens is 273 g/mol. The largest absolute Gasteiger partial charge is 0.336 e. The topological polar surface area (TPSA) is 62.7 Å². The summed E-state index contributed by atoms with van der Waals surface area (Å²) in [6, 6.07) is 0. The van der Waals surface area contributed by atoms with E-state index in [0.29, 0.717) is 11.9 Å². The molecule has 1 aromatic heterocycles. The molecule has 1 aromatic rings. The van der Waals surface area contributed by atoms with Gasteiger partial charge in [-0.05, 0) is 26.7 Å². The summed E-state index contributed by atoms with van der Waals surface area (Å²) in [7, 11) is 0. The molecule has 0 aliphatic heterocycles. The van der Waals surface area contributed by atoms with Gasteiger partial charge >= 0.3 is 0 Å². The average Bonchev–Trinajstić information content (AvgIpc) is 2.28. The first-order chi connectivity index (χ1) is 8.28. The third kappa shape index (κ3) is 4.82. The molecule has 0 spiro atoms. The zero-order chi connectivity index (χ0) is 13.8. The molecule has 0 aromatic carbocycles. The van der Waals surface area contributed by atoms with Gasteiger partial charge in [0.25, 0.3) is 0 Å². The minimum atomic E-state index is -0.576. The molecule has 18 heavy (non-hydrogen) atoms. The molecule has 0 aliphatic carbocycles. The lowest BCUT2D eigenvalue weighted by Crippen LogP contribution is -2.30. The SMILES string of the molecule is CCC(C)(Cl)Nc1ncnc(NC(C)(Cl)CC)n1. The van der Waals surface area contributed by atoms with Gasteiger partial charge in [-0.3, -0.25) is 0 Å². The van der Waals surface area contributed by atoms with E-state index < -0.39 is 10.00 Å². The van der Waals surface area contributed by atoms with Crippen molar-refractivity contribution in [3.8, 4) is 0 Å². The van der Waals surface area contributed by atoms with E-state index in [0.717, 1.165) is 12.8 Å². The van der Waals surface area contributed by atoms with Gasteiger partial charge in [0.15, 0.2) is 0 Å². The van der Waals surface area contributed by atoms with Crippen LogP contribution in [0.4, 0.5) is 11.9 Å². The van der Waals surface area contributed by atoms with E-state index in [1.54, 1.807) is 0 Å². The van der Waals surface area contributed by atoms with Crippen LogP contribution in [0, 0.1) is 0 Å². The van der Waals surface area contributed by atoms with Crippen molar-refractivity contribution >= 4 is 35.1 Å². The molecule has 2 unspecified atom stereocenters. The maximum atomic E-state index is 6.21. The molecule has 0 amide bonds. The van der Waals surface area contributed by atoms with Crippen molar-refractivity contribution in [2.24, 2.45) is 0 Å². The van der Waals surface area contributed by atoms with Crippen LogP contribution in [-0.4, -0.2) is 24.9 Å². The molecule has 0 fully saturated rings. The van der Waals surface area contributed by atoms with Crippen LogP contribution >= 0.6 is 23.2 Å². The number of halogens is 2. The van der Waals surface area contributed by atoms with Crippen molar-refractivity contribution in [1.82, 2.24) is 15.0 Å². The Balaban J connectivity index is 2.80. The predicted molar refractivity (Wildman–Crippen MR) is 76.2 cm³/mol. The fourth-order valence-electron chi connectivity index (χ4n) is 1.06. The van der Waals surface area contributed by atoms with E-state index in [1.165, 1.54) is 6.33 Å². The summed E-state index contributed by atoms with van der Waals surface area (Å²) in [6.07, 6.45) is 2.90. The van der Waals surface area contributed by atoms with Crippen LogP contribution < -0.4 is 10.6 Å². The second kappa shape index (κ2) is 5.89. The number of anilines is 2. The zero-order valence-electron chi connectivity index (χ0n) is 11.1. The molecule has 5 nitrogen and oxygen atoms in total. The highest BCUT2D eigenvalue weighted by atomic mass is 35.5. The van der Waals surface area contributed by atoms with Crippen LogP contribution in [0.5, 0.6) is 0 Å². The Bertz CT molecular complexity index is 362. The Hall–Kier alpha value is -0.810. The second-order valence-corrected chi connectivity index (χ2v) is 6.15. The summed E-state index contributed by atoms with van der Waals surface area (Å²) in [5, 5.41) is 6.06. The molecule has 0 bridgehead atoms. The maximum Gasteiger partial charge on any atom is 0.228 e. The van der Waals surface area contributed by atoms with Crippen molar-refractivity contribution in [2.75, 3.05) is 10.6 Å². The molecule has 2 N–H and O–H groups in total. The molecule has 0 aliphatic rings. The molecule has 1 heterocycles. The molecule has 1 rings (SSSR count). The molecule has 0 saturated heterocycles. The Kier molecular flexibility index (Phi) is 4.99. The van der Waals surface area contributed by atoms with Crippen molar-refractivity contribution in [2.45, 2.75) is 50.5 Å². The predicted octanol–water partition coefficient (Wildman–Crippen LogP) is 3.43. The Morgan fingerprint density at radius 1 is 1.00 bits per heavy atom. The number of alkyl halides is 2. The molecule has 2 atom stereocenters. The van der Waals surface area contributed by atoms with Crippen LogP contribution in [0.3, 0.4) is 0 Å². The van der Waals surface area contributed by atoms with E-state index in [9.17, 15) is 0 Å². The Morgan fingerprint density at radius 3 is 1.72 bits per heavy atom. The van der Waals surface area contributed by atoms with E-state index in [4.69, 9.17) is 23.2 Å². The van der Waals surface area contributed by atoms with E-state index >= 15 is 0 Å². The van der Waals surface area contributed by atoms with Crippen molar-refractivity contribution in [3.63, 3.8) is 0 Å². The number of aromatic nitrogens is 3. The number of rotatable bonds is 6. The van der Waals surface area contributed by atoms with Crippen LogP contribution in [0.2, 0.25) is 0 Å². The standard InChI is InChI=1S/C11H19Cl2N5/c1-5-10(3,12)17-8-14-7-15-9(16-8)18-11(4,13)6-2/h7H,5-6H2,1-4H3,(H2,14,15,16,17,18). The Labute approximate surface area is 118 Å². The monoisotopic (exact) mass is 291 g/mol. The summed E-state index contributed by atoms with van der Waals surface area (Å²) in [4.78, 5) is 11.1. The van der Waals surface area contributed by atoms with Gasteiger partial charge in [0, 0.05) is 0 Å². The van der Waals surface area contributed by atoms with Gasteiger partial charge in [0.2, 0.25) is 11.9 Å². The lowest BCUT2D eigenvalue weighted by atomic mass is 10.2. The molecule has 0 radical (unpaired) electrons. The summed E-state index contributed by atoms with van der Waals surface area (Å²) in [6.45, 7) is 7.69. The van der Waals surface area contributed by atoms with E-state index in [1.807, 2.05) is 27.7 Å². The van der Waals surface area contributed by atoms with Crippen LogP contribution in [0.25, 0.3) is 0 Å². The summed E-state index contributed by atoms with van der Waals surface area (Å²) < 4.78 is 0. The first-order valence-corrected chi connectivity index (χ1v) is 6.67. The van der Waals surface area contributed by atoms with Crippen molar-refractivity contribution in [1.29, 1.82) is 0 Å². The fourth-order valence-corrected chi connectivity index (χ4v) is 1.23. The normalized spacial score (nSPS) is 17.7. The third-order valence-electron chi connectivity index (χ3n) is 2.64. The van der Waals surface area contributed by atoms with Gasteiger partial charge in [0.1, 0.15) is 16.3 Å². The minimum absolute atomic E-state index is 0.426. The number of nitrogens with one attached hydrogen (secondary N) is 2. The van der Waals surface area contributed by atoms with Gasteiger partial charge < -0.3 is 10.6 Å². The summed E-state index contributed by atoms with van der Waals surface area (Å²) in [5.41, 5.74) is 0. The average molecular weight is 292 g/mol. The molecule has 7 heteroatoms. The molecule has 0 saturated carbocycles. The van der Waals surface area contributed by atoms with E-state index in [-0.39, 0.29) is 0 Å². The van der Waals surface area contributed by atoms with Crippen LogP contribution in [0.1, 0.15) is 40.5 Å². The lowest BCUT2D eigenvalue weighted by Gasteiger charge is -2.23. The molecular formula is C11H19Cl2N5.